The number of primary sulfonamides is 1. The number of hydrogen-bond acceptors (Lipinski definition) is 8. The van der Waals surface area contributed by atoms with E-state index in [1.165, 1.54) is 19.1 Å². The fraction of sp³-hybridized carbons (Fsp3) is 0.294. The maximum absolute atomic E-state index is 14.1. The Balaban J connectivity index is 1.89. The van der Waals surface area contributed by atoms with Gasteiger partial charge in [0, 0.05) is 5.56 Å². The van der Waals surface area contributed by atoms with E-state index in [-0.39, 0.29) is 27.8 Å². The van der Waals surface area contributed by atoms with Crippen molar-refractivity contribution in [1.29, 1.82) is 0 Å². The van der Waals surface area contributed by atoms with Crippen molar-refractivity contribution in [2.75, 3.05) is 5.75 Å². The van der Waals surface area contributed by atoms with Gasteiger partial charge in [-0.3, -0.25) is 0 Å². The summed E-state index contributed by atoms with van der Waals surface area (Å²) in [4.78, 5) is 4.96. The van der Waals surface area contributed by atoms with Crippen molar-refractivity contribution in [3.8, 4) is 17.3 Å². The normalized spacial score (nSPS) is 14.2. The molecule has 2 aromatic heterocycles. The summed E-state index contributed by atoms with van der Waals surface area (Å²) in [6.07, 6.45) is -4.95. The molecule has 0 fully saturated rings. The highest BCUT2D eigenvalue weighted by molar-refractivity contribution is 7.89. The summed E-state index contributed by atoms with van der Waals surface area (Å²) in [7, 11) is -4.05. The molecule has 1 aromatic carbocycles. The molecule has 3 rings (SSSR count). The third kappa shape index (κ3) is 6.56. The molecule has 0 spiro atoms. The smallest absolute Gasteiger partial charge is 0.406 e. The zero-order chi connectivity index (χ0) is 24.6. The quantitative estimate of drug-likeness (QED) is 0.459. The van der Waals surface area contributed by atoms with Crippen LogP contribution in [0.5, 0.6) is 5.75 Å². The van der Waals surface area contributed by atoms with Crippen LogP contribution in [0.1, 0.15) is 18.2 Å². The van der Waals surface area contributed by atoms with Gasteiger partial charge in [0.1, 0.15) is 22.9 Å². The third-order valence-electron chi connectivity index (χ3n) is 4.11. The number of nitrogens with two attached hydrogens (primary N) is 1. The van der Waals surface area contributed by atoms with Crippen molar-refractivity contribution >= 4 is 21.6 Å². The average Bonchev–Trinajstić information content (AvgIpc) is 3.10. The molecule has 0 amide bonds. The summed E-state index contributed by atoms with van der Waals surface area (Å²) >= 11 is 6.10. The molecule has 3 aromatic rings. The van der Waals surface area contributed by atoms with E-state index in [1.807, 2.05) is 0 Å². The minimum absolute atomic E-state index is 0.0245. The zero-order valence-electron chi connectivity index (χ0n) is 16.6. The Morgan fingerprint density at radius 1 is 1.24 bits per heavy atom. The number of nitrogens with zero attached hydrogens (tertiary/aromatic N) is 5. The van der Waals surface area contributed by atoms with Gasteiger partial charge >= 0.3 is 6.36 Å². The first-order valence-electron chi connectivity index (χ1n) is 8.85. The predicted octanol–water partition coefficient (Wildman–Crippen LogP) is 1.97. The highest BCUT2D eigenvalue weighted by Gasteiger charge is 2.32. The zero-order valence-corrected chi connectivity index (χ0v) is 18.2. The highest BCUT2D eigenvalue weighted by Crippen LogP contribution is 2.28. The molecule has 0 aliphatic heterocycles. The summed E-state index contributed by atoms with van der Waals surface area (Å²) < 4.78 is 77.8. The number of pyridine rings is 1. The first-order valence-corrected chi connectivity index (χ1v) is 10.9. The number of halogens is 5. The van der Waals surface area contributed by atoms with Crippen LogP contribution < -0.4 is 9.88 Å². The summed E-state index contributed by atoms with van der Waals surface area (Å²) in [5, 5.41) is 26.9. The minimum Gasteiger partial charge on any atom is -0.406 e. The number of ether oxygens (including phenoxy) is 1. The van der Waals surface area contributed by atoms with Gasteiger partial charge in [-0.15, -0.1) is 23.4 Å². The van der Waals surface area contributed by atoms with Gasteiger partial charge in [-0.25, -0.2) is 22.9 Å². The maximum atomic E-state index is 14.1. The summed E-state index contributed by atoms with van der Waals surface area (Å²) in [5.41, 5.74) is -2.37. The number of aromatic nitrogens is 5. The van der Waals surface area contributed by atoms with Crippen molar-refractivity contribution in [1.82, 2.24) is 25.2 Å². The Kier molecular flexibility index (Phi) is 6.61. The second-order valence-electron chi connectivity index (χ2n) is 7.05. The largest absolute Gasteiger partial charge is 0.573 e. The second kappa shape index (κ2) is 8.81. The van der Waals surface area contributed by atoms with Crippen LogP contribution in [-0.4, -0.2) is 50.8 Å². The monoisotopic (exact) mass is 510 g/mol. The van der Waals surface area contributed by atoms with Gasteiger partial charge in [-0.2, -0.15) is 4.80 Å². The highest BCUT2D eigenvalue weighted by atomic mass is 35.5. The lowest BCUT2D eigenvalue weighted by molar-refractivity contribution is -0.274. The van der Waals surface area contributed by atoms with Crippen molar-refractivity contribution in [2.45, 2.75) is 25.4 Å². The Bertz CT molecular complexity index is 1280. The van der Waals surface area contributed by atoms with Gasteiger partial charge in [0.2, 0.25) is 15.8 Å². The number of aliphatic hydroxyl groups is 1. The molecule has 0 saturated carbocycles. The van der Waals surface area contributed by atoms with Crippen molar-refractivity contribution in [3.05, 3.63) is 52.4 Å². The molecule has 3 N–H and O–H groups in total. The molecule has 0 radical (unpaired) electrons. The van der Waals surface area contributed by atoms with E-state index < -0.39 is 45.9 Å². The van der Waals surface area contributed by atoms with Crippen molar-refractivity contribution < 1.29 is 35.8 Å². The second-order valence-corrected chi connectivity index (χ2v) is 9.07. The maximum Gasteiger partial charge on any atom is 0.573 e. The lowest BCUT2D eigenvalue weighted by Crippen LogP contribution is -2.35. The molecule has 1 unspecified atom stereocenters. The molecule has 2 heterocycles. The standard InChI is InChI=1S/C17H15ClF4N6O4S/c1-16(29,8-33(23,30)31)13-5-3-11(18)14(24-13)15-25-27-28(26-15)7-9-6-10(2-4-12(9)19)32-17(20,21)22/h2-6,29H,7-8H2,1H3,(H2,23,30,31). The topological polar surface area (TPSA) is 146 Å². The number of hydrogen-bond donors (Lipinski definition) is 2. The molecule has 33 heavy (non-hydrogen) atoms. The van der Waals surface area contributed by atoms with Crippen LogP contribution in [0.15, 0.2) is 30.3 Å². The number of sulfonamides is 1. The van der Waals surface area contributed by atoms with Gasteiger partial charge in [-0.05, 0) is 42.5 Å². The van der Waals surface area contributed by atoms with Gasteiger partial charge < -0.3 is 9.84 Å². The van der Waals surface area contributed by atoms with Crippen LogP contribution in [0, 0.1) is 5.82 Å². The van der Waals surface area contributed by atoms with Crippen LogP contribution in [0.25, 0.3) is 11.5 Å². The van der Waals surface area contributed by atoms with Gasteiger partial charge in [0.15, 0.2) is 0 Å². The van der Waals surface area contributed by atoms with Crippen molar-refractivity contribution in [2.24, 2.45) is 5.14 Å². The Morgan fingerprint density at radius 3 is 2.58 bits per heavy atom. The number of alkyl halides is 3. The van der Waals surface area contributed by atoms with Gasteiger partial charge in [-0.1, -0.05) is 11.6 Å². The predicted molar refractivity (Wildman–Crippen MR) is 106 cm³/mol. The summed E-state index contributed by atoms with van der Waals surface area (Å²) in [6.45, 7) is 0.773. The van der Waals surface area contributed by atoms with E-state index >= 15 is 0 Å². The molecule has 1 atom stereocenters. The third-order valence-corrected chi connectivity index (χ3v) is 5.38. The summed E-state index contributed by atoms with van der Waals surface area (Å²) in [5.74, 6) is -2.46. The molecular formula is C17H15ClF4N6O4S. The Hall–Kier alpha value is -2.88. The Morgan fingerprint density at radius 2 is 1.94 bits per heavy atom. The van der Waals surface area contributed by atoms with E-state index in [0.29, 0.717) is 0 Å². The molecule has 10 nitrogen and oxygen atoms in total. The molecule has 16 heteroatoms. The van der Waals surface area contributed by atoms with Crippen LogP contribution in [-0.2, 0) is 22.2 Å². The molecule has 0 saturated heterocycles. The minimum atomic E-state index is -4.95. The SMILES string of the molecule is CC(O)(CS(N)(=O)=O)c1ccc(Cl)c(-c2nnn(Cc3cc(OC(F)(F)F)ccc3F)n2)n1. The van der Waals surface area contributed by atoms with Crippen LogP contribution in [0.4, 0.5) is 17.6 Å². The number of benzene rings is 1. The molecule has 0 bridgehead atoms. The first kappa shape index (κ1) is 24.8. The lowest BCUT2D eigenvalue weighted by atomic mass is 10.0. The molecular weight excluding hydrogens is 496 g/mol. The fourth-order valence-electron chi connectivity index (χ4n) is 2.79. The molecule has 0 aliphatic carbocycles. The van der Waals surface area contributed by atoms with Crippen LogP contribution >= 0.6 is 11.6 Å². The first-order chi connectivity index (χ1) is 15.1. The molecule has 178 valence electrons. The number of tetrazole rings is 1. The number of rotatable bonds is 7. The van der Waals surface area contributed by atoms with E-state index in [2.05, 4.69) is 25.1 Å². The average molecular weight is 511 g/mol. The van der Waals surface area contributed by atoms with Crippen LogP contribution in [0.2, 0.25) is 5.02 Å². The van der Waals surface area contributed by atoms with E-state index in [9.17, 15) is 31.1 Å². The van der Waals surface area contributed by atoms with Gasteiger partial charge in [0.05, 0.1) is 23.0 Å². The Labute approximate surface area is 189 Å². The lowest BCUT2D eigenvalue weighted by Gasteiger charge is -2.21. The van der Waals surface area contributed by atoms with E-state index in [1.54, 1.807) is 0 Å². The fourth-order valence-corrected chi connectivity index (χ4v) is 3.91. The molecule has 0 aliphatic rings. The van der Waals surface area contributed by atoms with Crippen LogP contribution in [0.3, 0.4) is 0 Å². The summed E-state index contributed by atoms with van der Waals surface area (Å²) in [6, 6.07) is 5.04. The van der Waals surface area contributed by atoms with Gasteiger partial charge in [0.25, 0.3) is 0 Å². The van der Waals surface area contributed by atoms with E-state index in [0.717, 1.165) is 23.0 Å². The van der Waals surface area contributed by atoms with E-state index in [4.69, 9.17) is 16.7 Å². The van der Waals surface area contributed by atoms with Crippen molar-refractivity contribution in [3.63, 3.8) is 0 Å².